The molecule has 1 aliphatic carbocycles. The van der Waals surface area contributed by atoms with Gasteiger partial charge >= 0.3 is 0 Å². The van der Waals surface area contributed by atoms with E-state index in [1.54, 1.807) is 4.57 Å². The van der Waals surface area contributed by atoms with Crippen molar-refractivity contribution in [3.63, 3.8) is 0 Å². The van der Waals surface area contributed by atoms with Gasteiger partial charge in [-0.15, -0.1) is 0 Å². The first kappa shape index (κ1) is 17.1. The molecule has 0 aliphatic heterocycles. The Kier molecular flexibility index (Phi) is 5.74. The number of aliphatic hydroxyl groups is 1. The molecule has 1 heterocycles. The second kappa shape index (κ2) is 7.37. The largest absolute Gasteiger partial charge is 0.392 e. The number of nitrogens with zero attached hydrogens (tertiary/aromatic N) is 2. The molecule has 0 spiro atoms. The molecule has 2 rings (SSSR count). The zero-order chi connectivity index (χ0) is 16.2. The number of hydrogen-bond donors (Lipinski definition) is 3. The summed E-state index contributed by atoms with van der Waals surface area (Å²) in [7, 11) is 0. The molecular formula is C15H26N4O2S. The fourth-order valence-electron chi connectivity index (χ4n) is 3.02. The van der Waals surface area contributed by atoms with Crippen molar-refractivity contribution in [1.82, 2.24) is 20.1 Å². The molecule has 6 nitrogen and oxygen atoms in total. The minimum atomic E-state index is -0.340. The molecule has 1 aromatic heterocycles. The second-order valence-corrected chi connectivity index (χ2v) is 6.86. The van der Waals surface area contributed by atoms with Crippen molar-refractivity contribution in [1.29, 1.82) is 0 Å². The lowest BCUT2D eigenvalue weighted by Gasteiger charge is -2.38. The lowest BCUT2D eigenvalue weighted by molar-refractivity contribution is -0.122. The van der Waals surface area contributed by atoms with Gasteiger partial charge in [0, 0.05) is 18.4 Å². The molecule has 22 heavy (non-hydrogen) atoms. The van der Waals surface area contributed by atoms with Crippen LogP contribution in [0.25, 0.3) is 0 Å². The van der Waals surface area contributed by atoms with Crippen molar-refractivity contribution in [3.8, 4) is 0 Å². The third-order valence-corrected chi connectivity index (χ3v) is 4.89. The number of aliphatic hydroxyl groups excluding tert-OH is 1. The molecule has 3 N–H and O–H groups in total. The molecule has 0 unspecified atom stereocenters. The van der Waals surface area contributed by atoms with Crippen molar-refractivity contribution < 1.29 is 9.90 Å². The zero-order valence-electron chi connectivity index (χ0n) is 13.4. The summed E-state index contributed by atoms with van der Waals surface area (Å²) >= 11 is 5.18. The number of aromatic amines is 1. The first-order chi connectivity index (χ1) is 10.5. The highest BCUT2D eigenvalue weighted by atomic mass is 32.1. The number of aromatic nitrogens is 3. The van der Waals surface area contributed by atoms with E-state index in [0.717, 1.165) is 44.3 Å². The summed E-state index contributed by atoms with van der Waals surface area (Å²) < 4.78 is 2.22. The Hall–Kier alpha value is -1.21. The SMILES string of the molecule is CCCc1n[nH]c(=S)n1CC(=O)NC[C@]1(C)CCCC[C@@H]1O. The van der Waals surface area contributed by atoms with Gasteiger partial charge in [0.15, 0.2) is 4.77 Å². The maximum Gasteiger partial charge on any atom is 0.240 e. The quantitative estimate of drug-likeness (QED) is 0.698. The Morgan fingerprint density at radius 1 is 1.59 bits per heavy atom. The van der Waals surface area contributed by atoms with E-state index in [1.807, 2.05) is 6.92 Å². The van der Waals surface area contributed by atoms with E-state index in [9.17, 15) is 9.90 Å². The molecule has 0 aromatic carbocycles. The molecule has 1 saturated carbocycles. The van der Waals surface area contributed by atoms with Gasteiger partial charge < -0.3 is 10.4 Å². The first-order valence-corrected chi connectivity index (χ1v) is 8.46. The lowest BCUT2D eigenvalue weighted by atomic mass is 9.73. The number of carbonyl (C=O) groups excluding carboxylic acids is 1. The monoisotopic (exact) mass is 326 g/mol. The van der Waals surface area contributed by atoms with Gasteiger partial charge in [-0.2, -0.15) is 5.10 Å². The number of H-pyrrole nitrogens is 1. The summed E-state index contributed by atoms with van der Waals surface area (Å²) in [6, 6.07) is 0. The molecule has 0 radical (unpaired) electrons. The van der Waals surface area contributed by atoms with Crippen LogP contribution in [-0.2, 0) is 17.8 Å². The predicted octanol–water partition coefficient (Wildman–Crippen LogP) is 1.95. The molecule has 0 saturated heterocycles. The fourth-order valence-corrected chi connectivity index (χ4v) is 3.23. The minimum Gasteiger partial charge on any atom is -0.392 e. The summed E-state index contributed by atoms with van der Waals surface area (Å²) in [4.78, 5) is 12.2. The summed E-state index contributed by atoms with van der Waals surface area (Å²) in [5.74, 6) is 0.723. The first-order valence-electron chi connectivity index (χ1n) is 8.05. The molecule has 1 amide bonds. The van der Waals surface area contributed by atoms with Gasteiger partial charge in [0.05, 0.1) is 6.10 Å². The maximum atomic E-state index is 12.2. The Labute approximate surface area is 136 Å². The van der Waals surface area contributed by atoms with Crippen LogP contribution in [0.4, 0.5) is 0 Å². The number of aryl methyl sites for hydroxylation is 1. The van der Waals surface area contributed by atoms with Crippen LogP contribution in [0.15, 0.2) is 0 Å². The van der Waals surface area contributed by atoms with Gasteiger partial charge in [-0.25, -0.2) is 0 Å². The van der Waals surface area contributed by atoms with E-state index in [2.05, 4.69) is 22.4 Å². The molecule has 0 bridgehead atoms. The number of amides is 1. The van der Waals surface area contributed by atoms with Crippen LogP contribution in [0.5, 0.6) is 0 Å². The second-order valence-electron chi connectivity index (χ2n) is 6.47. The molecule has 124 valence electrons. The third-order valence-electron chi connectivity index (χ3n) is 4.58. The Bertz CT molecular complexity index is 568. The fraction of sp³-hybridized carbons (Fsp3) is 0.800. The van der Waals surface area contributed by atoms with Crippen molar-refractivity contribution in [3.05, 3.63) is 10.6 Å². The molecule has 1 fully saturated rings. The zero-order valence-corrected chi connectivity index (χ0v) is 14.2. The summed E-state index contributed by atoms with van der Waals surface area (Å²) in [6.45, 7) is 4.79. The van der Waals surface area contributed by atoms with Crippen LogP contribution in [0.3, 0.4) is 0 Å². The van der Waals surface area contributed by atoms with Gasteiger partial charge in [0.2, 0.25) is 5.91 Å². The average Bonchev–Trinajstić information content (AvgIpc) is 2.82. The van der Waals surface area contributed by atoms with Gasteiger partial charge in [0.25, 0.3) is 0 Å². The van der Waals surface area contributed by atoms with Gasteiger partial charge in [-0.1, -0.05) is 26.7 Å². The summed E-state index contributed by atoms with van der Waals surface area (Å²) in [5.41, 5.74) is -0.224. The van der Waals surface area contributed by atoms with Crippen LogP contribution in [0.1, 0.15) is 51.8 Å². The van der Waals surface area contributed by atoms with Crippen LogP contribution in [-0.4, -0.2) is 38.4 Å². The standard InChI is InChI=1S/C15H26N4O2S/c1-3-6-12-17-18-14(22)19(12)9-13(21)16-10-15(2)8-5-4-7-11(15)20/h11,20H,3-10H2,1-2H3,(H,16,21)(H,18,22)/t11-,15-/m0/s1. The molecular weight excluding hydrogens is 300 g/mol. The summed E-state index contributed by atoms with van der Waals surface area (Å²) in [5, 5.41) is 20.0. The predicted molar refractivity (Wildman–Crippen MR) is 87.0 cm³/mol. The minimum absolute atomic E-state index is 0.0890. The molecule has 1 aliphatic rings. The molecule has 7 heteroatoms. The smallest absolute Gasteiger partial charge is 0.240 e. The van der Waals surface area contributed by atoms with Crippen molar-refractivity contribution in [2.75, 3.05) is 6.54 Å². The van der Waals surface area contributed by atoms with E-state index in [4.69, 9.17) is 12.2 Å². The maximum absolute atomic E-state index is 12.2. The average molecular weight is 326 g/mol. The van der Waals surface area contributed by atoms with Crippen molar-refractivity contribution in [2.24, 2.45) is 5.41 Å². The highest BCUT2D eigenvalue weighted by Crippen LogP contribution is 2.35. The Morgan fingerprint density at radius 2 is 2.36 bits per heavy atom. The highest BCUT2D eigenvalue weighted by molar-refractivity contribution is 7.71. The van der Waals surface area contributed by atoms with Gasteiger partial charge in [-0.05, 0) is 31.5 Å². The van der Waals surface area contributed by atoms with Crippen LogP contribution in [0.2, 0.25) is 0 Å². The molecule has 1 aromatic rings. The number of rotatable bonds is 6. The third kappa shape index (κ3) is 3.95. The van der Waals surface area contributed by atoms with E-state index >= 15 is 0 Å². The molecule has 2 atom stereocenters. The van der Waals surface area contributed by atoms with Gasteiger partial charge in [0.1, 0.15) is 12.4 Å². The van der Waals surface area contributed by atoms with Crippen LogP contribution in [0, 0.1) is 10.2 Å². The van der Waals surface area contributed by atoms with Crippen molar-refractivity contribution >= 4 is 18.1 Å². The Balaban J connectivity index is 1.93. The number of carbonyl (C=O) groups is 1. The summed E-state index contributed by atoms with van der Waals surface area (Å²) in [6.07, 6.45) is 5.34. The van der Waals surface area contributed by atoms with Gasteiger partial charge in [-0.3, -0.25) is 14.5 Å². The number of hydrogen-bond acceptors (Lipinski definition) is 4. The normalized spacial score (nSPS) is 25.1. The van der Waals surface area contributed by atoms with E-state index in [1.165, 1.54) is 0 Å². The number of nitrogens with one attached hydrogen (secondary N) is 2. The topological polar surface area (TPSA) is 82.9 Å². The van der Waals surface area contributed by atoms with Crippen LogP contribution >= 0.6 is 12.2 Å². The van der Waals surface area contributed by atoms with Crippen molar-refractivity contribution in [2.45, 2.75) is 65.0 Å². The van der Waals surface area contributed by atoms with E-state index in [0.29, 0.717) is 11.3 Å². The Morgan fingerprint density at radius 3 is 3.05 bits per heavy atom. The highest BCUT2D eigenvalue weighted by Gasteiger charge is 2.35. The van der Waals surface area contributed by atoms with Crippen LogP contribution < -0.4 is 5.32 Å². The van der Waals surface area contributed by atoms with E-state index in [-0.39, 0.29) is 24.0 Å². The lowest BCUT2D eigenvalue weighted by Crippen LogP contribution is -2.45. The van der Waals surface area contributed by atoms with E-state index < -0.39 is 0 Å².